The van der Waals surface area contributed by atoms with Gasteiger partial charge in [-0.15, -0.1) is 0 Å². The van der Waals surface area contributed by atoms with Gasteiger partial charge in [-0.2, -0.15) is 18.4 Å². The molecule has 0 spiro atoms. The third-order valence-corrected chi connectivity index (χ3v) is 16.0. The molecule has 0 aliphatic rings. The molecule has 0 aliphatic carbocycles. The molecule has 4 heterocycles. The molecule has 0 saturated carbocycles. The van der Waals surface area contributed by atoms with Crippen LogP contribution >= 0.6 is 0 Å². The third kappa shape index (κ3) is 9.22. The monoisotopic (exact) mass is 1130 g/mol. The fraction of sp³-hybridized carbons (Fsp3) is 0.0267. The number of nitrogens with zero attached hydrogens (tertiary/aromatic N) is 9. The second kappa shape index (κ2) is 21.2. The SMILES string of the molecule is Cc1cccc(C(F)(F)F)c1-c1ccc(-n2c3ccccc3c3cc(-c4nc(-c5ccccc5)nc(-c5ccccc5)n4)ccc32)c(-c2c(C#N)cccc2-n2c3ccccc3c3cc(-c4nc(-c5ccccc5)nc(-c5ccccc5)n4)ccc32)c1. The second-order valence-corrected chi connectivity index (χ2v) is 21.3. The summed E-state index contributed by atoms with van der Waals surface area (Å²) in [6.45, 7) is 1.70. The molecular weight excluding hydrogens is 1080 g/mol. The number of alkyl halides is 3. The van der Waals surface area contributed by atoms with Crippen molar-refractivity contribution in [3.8, 4) is 108 Å². The van der Waals surface area contributed by atoms with Crippen molar-refractivity contribution < 1.29 is 13.2 Å². The maximum atomic E-state index is 15.3. The van der Waals surface area contributed by atoms with Crippen LogP contribution in [-0.4, -0.2) is 39.0 Å². The molecular formula is C75H46F3N9. The lowest BCUT2D eigenvalue weighted by Gasteiger charge is -2.22. The predicted octanol–water partition coefficient (Wildman–Crippen LogP) is 18.8. The Morgan fingerprint density at radius 3 is 1.17 bits per heavy atom. The van der Waals surface area contributed by atoms with Crippen LogP contribution < -0.4 is 0 Å². The normalized spacial score (nSPS) is 11.7. The maximum Gasteiger partial charge on any atom is 0.417 e. The number of halogens is 3. The van der Waals surface area contributed by atoms with E-state index in [1.54, 1.807) is 25.1 Å². The molecule has 4 aromatic heterocycles. The van der Waals surface area contributed by atoms with Crippen molar-refractivity contribution in [1.82, 2.24) is 39.0 Å². The van der Waals surface area contributed by atoms with E-state index in [0.29, 0.717) is 74.1 Å². The quantitative estimate of drug-likeness (QED) is 0.134. The van der Waals surface area contributed by atoms with Crippen LogP contribution in [0.2, 0.25) is 0 Å². The lowest BCUT2D eigenvalue weighted by atomic mass is 9.89. The second-order valence-electron chi connectivity index (χ2n) is 21.3. The van der Waals surface area contributed by atoms with Gasteiger partial charge in [-0.05, 0) is 102 Å². The minimum atomic E-state index is -4.67. The van der Waals surface area contributed by atoms with E-state index in [2.05, 4.69) is 39.5 Å². The van der Waals surface area contributed by atoms with E-state index < -0.39 is 11.7 Å². The van der Waals surface area contributed by atoms with E-state index in [4.69, 9.17) is 29.9 Å². The molecule has 12 heteroatoms. The molecule has 0 bridgehead atoms. The number of aryl methyl sites for hydroxylation is 1. The highest BCUT2D eigenvalue weighted by atomic mass is 19.4. The first-order chi connectivity index (χ1) is 42.6. The van der Waals surface area contributed by atoms with E-state index in [1.165, 1.54) is 6.07 Å². The minimum absolute atomic E-state index is 0.0521. The average Bonchev–Trinajstić information content (AvgIpc) is 1.92. The Morgan fingerprint density at radius 2 is 0.724 bits per heavy atom. The van der Waals surface area contributed by atoms with Gasteiger partial charge >= 0.3 is 6.18 Å². The first kappa shape index (κ1) is 52.1. The Hall–Kier alpha value is -11.7. The fourth-order valence-corrected chi connectivity index (χ4v) is 12.1. The Balaban J connectivity index is 0.967. The van der Waals surface area contributed by atoms with Crippen LogP contribution in [0.15, 0.2) is 261 Å². The van der Waals surface area contributed by atoms with Gasteiger partial charge in [-0.3, -0.25) is 0 Å². The summed E-state index contributed by atoms with van der Waals surface area (Å²) in [5.41, 5.74) is 11.0. The average molecular weight is 1130 g/mol. The lowest BCUT2D eigenvalue weighted by molar-refractivity contribution is -0.137. The molecule has 0 amide bonds. The lowest BCUT2D eigenvalue weighted by Crippen LogP contribution is -2.09. The van der Waals surface area contributed by atoms with Crippen LogP contribution in [0, 0.1) is 18.3 Å². The van der Waals surface area contributed by atoms with Crippen LogP contribution in [0.3, 0.4) is 0 Å². The van der Waals surface area contributed by atoms with Crippen molar-refractivity contribution in [3.05, 3.63) is 278 Å². The highest BCUT2D eigenvalue weighted by molar-refractivity contribution is 6.13. The van der Waals surface area contributed by atoms with Gasteiger partial charge < -0.3 is 9.13 Å². The Bertz CT molecular complexity index is 5110. The van der Waals surface area contributed by atoms with E-state index in [9.17, 15) is 5.26 Å². The largest absolute Gasteiger partial charge is 0.417 e. The van der Waals surface area contributed by atoms with E-state index in [0.717, 1.165) is 83.1 Å². The summed E-state index contributed by atoms with van der Waals surface area (Å²) in [5, 5.41) is 15.0. The molecule has 0 aliphatic heterocycles. The molecule has 15 rings (SSSR count). The summed E-state index contributed by atoms with van der Waals surface area (Å²) in [4.78, 5) is 30.2. The topological polar surface area (TPSA) is 111 Å². The number of rotatable bonds is 10. The highest BCUT2D eigenvalue weighted by Crippen LogP contribution is 2.47. The number of fused-ring (bicyclic) bond motifs is 6. The number of hydrogen-bond donors (Lipinski definition) is 0. The highest BCUT2D eigenvalue weighted by Gasteiger charge is 2.35. The van der Waals surface area contributed by atoms with Crippen molar-refractivity contribution in [1.29, 1.82) is 5.26 Å². The van der Waals surface area contributed by atoms with Gasteiger partial charge in [-0.1, -0.05) is 182 Å². The minimum Gasteiger partial charge on any atom is -0.309 e. The van der Waals surface area contributed by atoms with Crippen molar-refractivity contribution >= 4 is 43.6 Å². The maximum absolute atomic E-state index is 15.3. The molecule has 87 heavy (non-hydrogen) atoms. The summed E-state index contributed by atoms with van der Waals surface area (Å²) in [7, 11) is 0. The third-order valence-electron chi connectivity index (χ3n) is 16.0. The van der Waals surface area contributed by atoms with Gasteiger partial charge in [0.25, 0.3) is 0 Å². The zero-order chi connectivity index (χ0) is 58.8. The summed E-state index contributed by atoms with van der Waals surface area (Å²) in [6, 6.07) is 85.6. The number of para-hydroxylation sites is 2. The van der Waals surface area contributed by atoms with E-state index >= 15 is 13.2 Å². The molecule has 0 fully saturated rings. The Morgan fingerprint density at radius 1 is 0.333 bits per heavy atom. The molecule has 0 atom stereocenters. The van der Waals surface area contributed by atoms with Crippen molar-refractivity contribution in [3.63, 3.8) is 0 Å². The van der Waals surface area contributed by atoms with Gasteiger partial charge in [0.1, 0.15) is 0 Å². The van der Waals surface area contributed by atoms with Crippen molar-refractivity contribution in [2.24, 2.45) is 0 Å². The molecule has 15 aromatic rings. The van der Waals surface area contributed by atoms with Gasteiger partial charge in [-0.25, -0.2) is 29.9 Å². The molecule has 0 radical (unpaired) electrons. The van der Waals surface area contributed by atoms with Crippen molar-refractivity contribution in [2.75, 3.05) is 0 Å². The van der Waals surface area contributed by atoms with Crippen molar-refractivity contribution in [2.45, 2.75) is 13.1 Å². The molecule has 9 nitrogen and oxygen atoms in total. The number of benzene rings is 11. The Kier molecular flexibility index (Phi) is 12.7. The summed E-state index contributed by atoms with van der Waals surface area (Å²) >= 11 is 0. The smallest absolute Gasteiger partial charge is 0.309 e. The molecule has 0 unspecified atom stereocenters. The molecule has 0 saturated heterocycles. The van der Waals surface area contributed by atoms with Crippen LogP contribution in [0.5, 0.6) is 0 Å². The van der Waals surface area contributed by atoms with Crippen LogP contribution in [0.4, 0.5) is 13.2 Å². The molecule has 412 valence electrons. The number of hydrogen-bond acceptors (Lipinski definition) is 7. The summed E-state index contributed by atoms with van der Waals surface area (Å²) < 4.78 is 50.1. The van der Waals surface area contributed by atoms with E-state index in [1.807, 2.05) is 206 Å². The predicted molar refractivity (Wildman–Crippen MR) is 340 cm³/mol. The first-order valence-electron chi connectivity index (χ1n) is 28.3. The fourth-order valence-electron chi connectivity index (χ4n) is 12.1. The van der Waals surface area contributed by atoms with Gasteiger partial charge in [0.2, 0.25) is 0 Å². The standard InChI is InChI=1S/C75H46F3N9/c1-46-20-18-32-60(75(76,77)78)67(46)51-36-39-65(86-61-33-16-14-30-55(61)57-43-52(37-40-63(57)86)73-82-69(47-21-6-2-7-22-47)80-70(83-73)48-23-8-3-9-24-48)59(42-51)68-54(45-79)29-19-35-66(68)87-62-34-17-15-31-56(62)58-44-53(38-41-64(58)87)74-84-71(49-25-10-4-11-26-49)81-72(85-74)50-27-12-5-13-28-50/h2-44H,1H3. The number of aromatic nitrogens is 8. The number of nitriles is 1. The van der Waals surface area contributed by atoms with Crippen LogP contribution in [-0.2, 0) is 6.18 Å². The van der Waals surface area contributed by atoms with E-state index in [-0.39, 0.29) is 5.56 Å². The van der Waals surface area contributed by atoms with Gasteiger partial charge in [0.05, 0.1) is 50.6 Å². The summed E-state index contributed by atoms with van der Waals surface area (Å²) in [5.74, 6) is 3.10. The zero-order valence-electron chi connectivity index (χ0n) is 46.5. The zero-order valence-corrected chi connectivity index (χ0v) is 46.5. The van der Waals surface area contributed by atoms with Gasteiger partial charge in [0, 0.05) is 66.1 Å². The molecule has 0 N–H and O–H groups in total. The van der Waals surface area contributed by atoms with Gasteiger partial charge in [0.15, 0.2) is 34.9 Å². The Labute approximate surface area is 497 Å². The molecule has 11 aromatic carbocycles. The first-order valence-corrected chi connectivity index (χ1v) is 28.3. The van der Waals surface area contributed by atoms with Crippen LogP contribution in [0.25, 0.3) is 146 Å². The van der Waals surface area contributed by atoms with Crippen LogP contribution in [0.1, 0.15) is 16.7 Å². The summed E-state index contributed by atoms with van der Waals surface area (Å²) in [6.07, 6.45) is -4.67.